The lowest BCUT2D eigenvalue weighted by molar-refractivity contribution is -0.131. The molecule has 0 spiro atoms. The van der Waals surface area contributed by atoms with E-state index in [1.165, 1.54) is 11.5 Å². The van der Waals surface area contributed by atoms with Crippen LogP contribution in [-0.2, 0) is 4.79 Å². The van der Waals surface area contributed by atoms with E-state index < -0.39 is 0 Å². The maximum absolute atomic E-state index is 11.8. The van der Waals surface area contributed by atoms with Gasteiger partial charge in [-0.05, 0) is 31.5 Å². The second-order valence-corrected chi connectivity index (χ2v) is 5.81. The van der Waals surface area contributed by atoms with Crippen molar-refractivity contribution in [3.05, 3.63) is 0 Å². The molecule has 1 aliphatic heterocycles. The van der Waals surface area contributed by atoms with E-state index in [9.17, 15) is 4.79 Å². The van der Waals surface area contributed by atoms with Gasteiger partial charge in [-0.3, -0.25) is 4.79 Å². The number of amides is 1. The Kier molecular flexibility index (Phi) is 7.64. The van der Waals surface area contributed by atoms with Gasteiger partial charge in [-0.25, -0.2) is 0 Å². The van der Waals surface area contributed by atoms with Gasteiger partial charge in [-0.1, -0.05) is 6.92 Å². The standard InChI is InChI=1S/C12H25N3OS/c1-3-17-10-4-5-13-11-12(16)15-8-6-14(2)7-9-15/h13H,3-11H2,1-2H3. The molecule has 0 radical (unpaired) electrons. The summed E-state index contributed by atoms with van der Waals surface area (Å²) in [5, 5.41) is 3.23. The third-order valence-corrected chi connectivity index (χ3v) is 3.96. The van der Waals surface area contributed by atoms with Crippen LogP contribution in [0.3, 0.4) is 0 Å². The summed E-state index contributed by atoms with van der Waals surface area (Å²) in [5.74, 6) is 2.62. The number of hydrogen-bond acceptors (Lipinski definition) is 4. The molecule has 0 atom stereocenters. The highest BCUT2D eigenvalue weighted by Gasteiger charge is 2.17. The van der Waals surface area contributed by atoms with Gasteiger partial charge in [0.1, 0.15) is 0 Å². The molecule has 0 aromatic carbocycles. The van der Waals surface area contributed by atoms with Crippen LogP contribution in [0.4, 0.5) is 0 Å². The molecule has 0 unspecified atom stereocenters. The quantitative estimate of drug-likeness (QED) is 0.675. The number of hydrogen-bond donors (Lipinski definition) is 1. The van der Waals surface area contributed by atoms with Crippen molar-refractivity contribution in [2.24, 2.45) is 0 Å². The zero-order chi connectivity index (χ0) is 12.5. The van der Waals surface area contributed by atoms with Crippen LogP contribution in [0, 0.1) is 0 Å². The zero-order valence-electron chi connectivity index (χ0n) is 11.1. The zero-order valence-corrected chi connectivity index (χ0v) is 11.9. The fraction of sp³-hybridized carbons (Fsp3) is 0.917. The highest BCUT2D eigenvalue weighted by molar-refractivity contribution is 7.99. The molecule has 17 heavy (non-hydrogen) atoms. The smallest absolute Gasteiger partial charge is 0.236 e. The molecule has 1 rings (SSSR count). The minimum Gasteiger partial charge on any atom is -0.339 e. The largest absolute Gasteiger partial charge is 0.339 e. The molecular formula is C12H25N3OS. The summed E-state index contributed by atoms with van der Waals surface area (Å²) >= 11 is 1.95. The van der Waals surface area contributed by atoms with Crippen molar-refractivity contribution in [1.82, 2.24) is 15.1 Å². The van der Waals surface area contributed by atoms with Crippen molar-refractivity contribution < 1.29 is 4.79 Å². The van der Waals surface area contributed by atoms with Gasteiger partial charge in [-0.2, -0.15) is 11.8 Å². The third-order valence-electron chi connectivity index (χ3n) is 2.98. The first-order chi connectivity index (χ1) is 8.24. The van der Waals surface area contributed by atoms with Crippen LogP contribution in [-0.4, -0.2) is 73.5 Å². The lowest BCUT2D eigenvalue weighted by Crippen LogP contribution is -2.49. The highest BCUT2D eigenvalue weighted by Crippen LogP contribution is 2.00. The SMILES string of the molecule is CCSCCCNCC(=O)N1CCN(C)CC1. The van der Waals surface area contributed by atoms with E-state index >= 15 is 0 Å². The minimum atomic E-state index is 0.251. The molecule has 0 aromatic heterocycles. The van der Waals surface area contributed by atoms with Crippen molar-refractivity contribution in [2.45, 2.75) is 13.3 Å². The van der Waals surface area contributed by atoms with Crippen molar-refractivity contribution in [3.63, 3.8) is 0 Å². The normalized spacial score (nSPS) is 17.4. The summed E-state index contributed by atoms with van der Waals surface area (Å²) in [6, 6.07) is 0. The Morgan fingerprint density at radius 1 is 1.29 bits per heavy atom. The van der Waals surface area contributed by atoms with E-state index in [4.69, 9.17) is 0 Å². The lowest BCUT2D eigenvalue weighted by Gasteiger charge is -2.32. The van der Waals surface area contributed by atoms with Gasteiger partial charge in [0.25, 0.3) is 0 Å². The molecule has 1 fully saturated rings. The maximum Gasteiger partial charge on any atom is 0.236 e. The van der Waals surface area contributed by atoms with Gasteiger partial charge in [-0.15, -0.1) is 0 Å². The molecule has 5 heteroatoms. The average molecular weight is 259 g/mol. The first kappa shape index (κ1) is 14.8. The number of carbonyl (C=O) groups excluding carboxylic acids is 1. The van der Waals surface area contributed by atoms with Crippen LogP contribution in [0.1, 0.15) is 13.3 Å². The van der Waals surface area contributed by atoms with Crippen LogP contribution < -0.4 is 5.32 Å². The minimum absolute atomic E-state index is 0.251. The number of likely N-dealkylation sites (N-methyl/N-ethyl adjacent to an activating group) is 1. The van der Waals surface area contributed by atoms with Gasteiger partial charge in [0.2, 0.25) is 5.91 Å². The van der Waals surface area contributed by atoms with E-state index in [0.717, 1.165) is 39.1 Å². The van der Waals surface area contributed by atoms with Gasteiger partial charge < -0.3 is 15.1 Å². The number of carbonyl (C=O) groups is 1. The van der Waals surface area contributed by atoms with Gasteiger partial charge >= 0.3 is 0 Å². The molecule has 1 heterocycles. The summed E-state index contributed by atoms with van der Waals surface area (Å²) in [5.41, 5.74) is 0. The molecule has 0 aliphatic carbocycles. The van der Waals surface area contributed by atoms with E-state index in [2.05, 4.69) is 24.2 Å². The molecule has 4 nitrogen and oxygen atoms in total. The summed E-state index contributed by atoms with van der Waals surface area (Å²) in [6.07, 6.45) is 1.15. The van der Waals surface area contributed by atoms with Gasteiger partial charge in [0.05, 0.1) is 6.54 Å². The summed E-state index contributed by atoms with van der Waals surface area (Å²) < 4.78 is 0. The summed E-state index contributed by atoms with van der Waals surface area (Å²) in [6.45, 7) is 7.38. The maximum atomic E-state index is 11.8. The Bertz CT molecular complexity index is 218. The Labute approximate surface area is 109 Å². The Morgan fingerprint density at radius 3 is 2.65 bits per heavy atom. The van der Waals surface area contributed by atoms with E-state index in [1.54, 1.807) is 0 Å². The van der Waals surface area contributed by atoms with E-state index in [1.807, 2.05) is 16.7 Å². The molecule has 100 valence electrons. The van der Waals surface area contributed by atoms with Crippen LogP contribution in [0.2, 0.25) is 0 Å². The van der Waals surface area contributed by atoms with Crippen LogP contribution >= 0.6 is 11.8 Å². The second-order valence-electron chi connectivity index (χ2n) is 4.41. The van der Waals surface area contributed by atoms with Crippen LogP contribution in [0.15, 0.2) is 0 Å². The van der Waals surface area contributed by atoms with E-state index in [0.29, 0.717) is 6.54 Å². The fourth-order valence-electron chi connectivity index (χ4n) is 1.81. The molecule has 0 aromatic rings. The van der Waals surface area contributed by atoms with Crippen molar-refractivity contribution in [1.29, 1.82) is 0 Å². The monoisotopic (exact) mass is 259 g/mol. The first-order valence-electron chi connectivity index (χ1n) is 6.48. The Hall–Kier alpha value is -0.260. The molecule has 1 saturated heterocycles. The Balaban J connectivity index is 2.01. The number of nitrogens with zero attached hydrogens (tertiary/aromatic N) is 2. The summed E-state index contributed by atoms with van der Waals surface area (Å²) in [4.78, 5) is 16.1. The number of rotatable bonds is 7. The molecule has 1 aliphatic rings. The Morgan fingerprint density at radius 2 is 2.00 bits per heavy atom. The molecule has 0 saturated carbocycles. The molecule has 1 N–H and O–H groups in total. The predicted molar refractivity (Wildman–Crippen MR) is 74.6 cm³/mol. The molecule has 1 amide bonds. The summed E-state index contributed by atoms with van der Waals surface area (Å²) in [7, 11) is 2.10. The molecular weight excluding hydrogens is 234 g/mol. The van der Waals surface area contributed by atoms with Crippen molar-refractivity contribution in [3.8, 4) is 0 Å². The highest BCUT2D eigenvalue weighted by atomic mass is 32.2. The lowest BCUT2D eigenvalue weighted by atomic mass is 10.3. The topological polar surface area (TPSA) is 35.6 Å². The number of thioether (sulfide) groups is 1. The van der Waals surface area contributed by atoms with Gasteiger partial charge in [0.15, 0.2) is 0 Å². The second kappa shape index (κ2) is 8.78. The van der Waals surface area contributed by atoms with Crippen LogP contribution in [0.25, 0.3) is 0 Å². The van der Waals surface area contributed by atoms with Gasteiger partial charge in [0, 0.05) is 26.2 Å². The third kappa shape index (κ3) is 6.29. The first-order valence-corrected chi connectivity index (χ1v) is 7.64. The average Bonchev–Trinajstić information content (AvgIpc) is 2.34. The number of piperazine rings is 1. The van der Waals surface area contributed by atoms with Crippen LogP contribution in [0.5, 0.6) is 0 Å². The number of nitrogens with one attached hydrogen (secondary N) is 1. The predicted octanol–water partition coefficient (Wildman–Crippen LogP) is 0.493. The molecule has 0 bridgehead atoms. The van der Waals surface area contributed by atoms with E-state index in [-0.39, 0.29) is 5.91 Å². The fourth-order valence-corrected chi connectivity index (χ4v) is 2.44. The van der Waals surface area contributed by atoms with Crippen molar-refractivity contribution >= 4 is 17.7 Å². The van der Waals surface area contributed by atoms with Crippen molar-refractivity contribution in [2.75, 3.05) is 57.8 Å².